The van der Waals surface area contributed by atoms with Gasteiger partial charge in [-0.05, 0) is 49.1 Å². The predicted molar refractivity (Wildman–Crippen MR) is 78.1 cm³/mol. The lowest BCUT2D eigenvalue weighted by Crippen LogP contribution is -2.41. The number of benzene rings is 1. The molecule has 4 rings (SSSR count). The largest absolute Gasteiger partial charge is 0.481 e. The molecule has 1 aliphatic heterocycles. The van der Waals surface area contributed by atoms with Crippen molar-refractivity contribution in [3.63, 3.8) is 0 Å². The third-order valence-corrected chi connectivity index (χ3v) is 5.40. The maximum absolute atomic E-state index is 12.8. The zero-order valence-corrected chi connectivity index (χ0v) is 11.9. The molecular formula is C17H19NO3. The predicted octanol–water partition coefficient (Wildman–Crippen LogP) is 2.64. The van der Waals surface area contributed by atoms with E-state index >= 15 is 0 Å². The number of carboxylic acids is 1. The first-order valence-corrected chi connectivity index (χ1v) is 7.78. The molecule has 1 N–H and O–H groups in total. The van der Waals surface area contributed by atoms with Gasteiger partial charge < -0.3 is 10.0 Å². The molecule has 4 heteroatoms. The van der Waals surface area contributed by atoms with Crippen molar-refractivity contribution in [1.29, 1.82) is 0 Å². The van der Waals surface area contributed by atoms with Crippen molar-refractivity contribution in [2.75, 3.05) is 11.4 Å². The van der Waals surface area contributed by atoms with E-state index in [1.165, 1.54) is 6.42 Å². The molecule has 2 fully saturated rings. The number of amides is 1. The van der Waals surface area contributed by atoms with Crippen molar-refractivity contribution in [3.8, 4) is 0 Å². The van der Waals surface area contributed by atoms with E-state index in [4.69, 9.17) is 0 Å². The van der Waals surface area contributed by atoms with Crippen molar-refractivity contribution < 1.29 is 14.7 Å². The number of carbonyl (C=O) groups excluding carboxylic acids is 1. The number of carboxylic acid groups (broad SMARTS) is 1. The second kappa shape index (κ2) is 4.58. The van der Waals surface area contributed by atoms with E-state index < -0.39 is 11.9 Å². The molecule has 110 valence electrons. The van der Waals surface area contributed by atoms with E-state index in [2.05, 4.69) is 0 Å². The Morgan fingerprint density at radius 1 is 1.10 bits per heavy atom. The number of hydrogen-bond acceptors (Lipinski definition) is 2. The van der Waals surface area contributed by atoms with E-state index in [1.807, 2.05) is 29.2 Å². The molecule has 1 aromatic rings. The minimum Gasteiger partial charge on any atom is -0.481 e. The van der Waals surface area contributed by atoms with Crippen LogP contribution in [0.25, 0.3) is 0 Å². The summed E-state index contributed by atoms with van der Waals surface area (Å²) in [5, 5.41) is 9.36. The quantitative estimate of drug-likeness (QED) is 0.908. The Bertz CT molecular complexity index is 602. The van der Waals surface area contributed by atoms with Gasteiger partial charge in [-0.15, -0.1) is 0 Å². The second-order valence-corrected chi connectivity index (χ2v) is 6.65. The maximum Gasteiger partial charge on any atom is 0.311 e. The van der Waals surface area contributed by atoms with E-state index in [9.17, 15) is 14.7 Å². The highest BCUT2D eigenvalue weighted by atomic mass is 16.4. The van der Waals surface area contributed by atoms with Gasteiger partial charge in [-0.3, -0.25) is 9.59 Å². The van der Waals surface area contributed by atoms with Gasteiger partial charge >= 0.3 is 5.97 Å². The molecule has 1 amide bonds. The highest BCUT2D eigenvalue weighted by Crippen LogP contribution is 2.55. The first-order valence-electron chi connectivity index (χ1n) is 7.78. The monoisotopic (exact) mass is 285 g/mol. The lowest BCUT2D eigenvalue weighted by atomic mass is 9.89. The van der Waals surface area contributed by atoms with Gasteiger partial charge in [0.25, 0.3) is 0 Å². The van der Waals surface area contributed by atoms with Crippen molar-refractivity contribution in [2.24, 2.45) is 17.8 Å². The Balaban J connectivity index is 1.62. The van der Waals surface area contributed by atoms with Gasteiger partial charge in [0.1, 0.15) is 0 Å². The van der Waals surface area contributed by atoms with Crippen molar-refractivity contribution in [3.05, 3.63) is 29.8 Å². The average Bonchev–Trinajstić information content (AvgIpc) is 3.11. The summed E-state index contributed by atoms with van der Waals surface area (Å²) in [5.74, 6) is 0.650. The average molecular weight is 285 g/mol. The summed E-state index contributed by atoms with van der Waals surface area (Å²) in [6.45, 7) is 0.526. The van der Waals surface area contributed by atoms with Gasteiger partial charge in [-0.1, -0.05) is 18.2 Å². The highest BCUT2D eigenvalue weighted by Gasteiger charge is 2.49. The topological polar surface area (TPSA) is 57.6 Å². The Labute approximate surface area is 123 Å². The number of carbonyl (C=O) groups is 2. The summed E-state index contributed by atoms with van der Waals surface area (Å²) >= 11 is 0. The van der Waals surface area contributed by atoms with E-state index in [0.29, 0.717) is 13.0 Å². The molecule has 0 bridgehead atoms. The molecule has 0 spiro atoms. The fourth-order valence-corrected chi connectivity index (χ4v) is 4.18. The molecule has 21 heavy (non-hydrogen) atoms. The molecule has 0 aromatic heterocycles. The van der Waals surface area contributed by atoms with Gasteiger partial charge in [-0.25, -0.2) is 0 Å². The van der Waals surface area contributed by atoms with Gasteiger partial charge in [0.2, 0.25) is 5.91 Å². The molecule has 2 aliphatic carbocycles. The first kappa shape index (κ1) is 12.9. The molecule has 0 saturated heterocycles. The lowest BCUT2D eigenvalue weighted by molar-refractivity contribution is -0.139. The smallest absolute Gasteiger partial charge is 0.311 e. The van der Waals surface area contributed by atoms with Gasteiger partial charge in [0.15, 0.2) is 0 Å². The molecule has 1 heterocycles. The minimum absolute atomic E-state index is 0.156. The fraction of sp³-hybridized carbons (Fsp3) is 0.529. The Hall–Kier alpha value is -1.84. The van der Waals surface area contributed by atoms with E-state index in [0.717, 1.165) is 35.9 Å². The molecule has 3 unspecified atom stereocenters. The fourth-order valence-electron chi connectivity index (χ4n) is 4.18. The third kappa shape index (κ3) is 2.04. The molecular weight excluding hydrogens is 266 g/mol. The third-order valence-electron chi connectivity index (χ3n) is 5.40. The van der Waals surface area contributed by atoms with Crippen LogP contribution in [0.5, 0.6) is 0 Å². The highest BCUT2D eigenvalue weighted by molar-refractivity contribution is 5.98. The van der Waals surface area contributed by atoms with Crippen LogP contribution in [0.3, 0.4) is 0 Å². The Morgan fingerprint density at radius 3 is 2.52 bits per heavy atom. The van der Waals surface area contributed by atoms with Crippen LogP contribution in [0.2, 0.25) is 0 Å². The van der Waals surface area contributed by atoms with Crippen LogP contribution in [0, 0.1) is 17.8 Å². The van der Waals surface area contributed by atoms with Crippen LogP contribution >= 0.6 is 0 Å². The zero-order valence-electron chi connectivity index (χ0n) is 11.9. The molecule has 0 radical (unpaired) electrons. The molecule has 4 nitrogen and oxygen atoms in total. The van der Waals surface area contributed by atoms with Crippen LogP contribution in [-0.2, 0) is 9.59 Å². The standard InChI is InChI=1S/C17H19NO3/c19-16(12-8-10-7-11(10)9-12)18-6-5-14(17(20)21)13-3-1-2-4-15(13)18/h1-4,10-12,14H,5-9H2,(H,20,21). The van der Waals surface area contributed by atoms with Gasteiger partial charge in [0, 0.05) is 18.2 Å². The minimum atomic E-state index is -0.795. The number of fused-ring (bicyclic) bond motifs is 2. The number of aliphatic carboxylic acids is 1. The van der Waals surface area contributed by atoms with Gasteiger partial charge in [0.05, 0.1) is 5.92 Å². The summed E-state index contributed by atoms with van der Waals surface area (Å²) in [6.07, 6.45) is 3.88. The van der Waals surface area contributed by atoms with E-state index in [1.54, 1.807) is 0 Å². The molecule has 2 saturated carbocycles. The van der Waals surface area contributed by atoms with Crippen LogP contribution in [-0.4, -0.2) is 23.5 Å². The van der Waals surface area contributed by atoms with Crippen LogP contribution in [0.15, 0.2) is 24.3 Å². The van der Waals surface area contributed by atoms with Crippen molar-refractivity contribution in [2.45, 2.75) is 31.6 Å². The summed E-state index contributed by atoms with van der Waals surface area (Å²) in [6, 6.07) is 7.47. The summed E-state index contributed by atoms with van der Waals surface area (Å²) in [4.78, 5) is 26.0. The Morgan fingerprint density at radius 2 is 1.81 bits per heavy atom. The van der Waals surface area contributed by atoms with Crippen molar-refractivity contribution >= 4 is 17.6 Å². The molecule has 1 aromatic carbocycles. The van der Waals surface area contributed by atoms with Crippen LogP contribution in [0.1, 0.15) is 37.2 Å². The number of anilines is 1. The second-order valence-electron chi connectivity index (χ2n) is 6.65. The van der Waals surface area contributed by atoms with Gasteiger partial charge in [-0.2, -0.15) is 0 Å². The SMILES string of the molecule is O=C(O)C1CCN(C(=O)C2CC3CC3C2)c2ccccc21. The van der Waals surface area contributed by atoms with E-state index in [-0.39, 0.29) is 11.8 Å². The molecule has 3 aliphatic rings. The number of para-hydroxylation sites is 1. The van der Waals surface area contributed by atoms with Crippen LogP contribution in [0.4, 0.5) is 5.69 Å². The Kier molecular flexibility index (Phi) is 2.81. The molecule has 3 atom stereocenters. The number of nitrogens with zero attached hydrogens (tertiary/aromatic N) is 1. The first-order chi connectivity index (χ1) is 10.1. The summed E-state index contributed by atoms with van der Waals surface area (Å²) in [7, 11) is 0. The normalized spacial score (nSPS) is 33.2. The van der Waals surface area contributed by atoms with Crippen LogP contribution < -0.4 is 4.90 Å². The summed E-state index contributed by atoms with van der Waals surface area (Å²) in [5.41, 5.74) is 1.59. The lowest BCUT2D eigenvalue weighted by Gasteiger charge is -2.34. The van der Waals surface area contributed by atoms with Crippen molar-refractivity contribution in [1.82, 2.24) is 0 Å². The summed E-state index contributed by atoms with van der Waals surface area (Å²) < 4.78 is 0. The number of rotatable bonds is 2. The zero-order chi connectivity index (χ0) is 14.6. The maximum atomic E-state index is 12.8. The number of hydrogen-bond donors (Lipinski definition) is 1.